The summed E-state index contributed by atoms with van der Waals surface area (Å²) in [6, 6.07) is 11.4. The van der Waals surface area contributed by atoms with Gasteiger partial charge in [-0.25, -0.2) is 0 Å². The lowest BCUT2D eigenvalue weighted by atomic mass is 10.2. The van der Waals surface area contributed by atoms with E-state index in [1.807, 2.05) is 49.1 Å². The third kappa shape index (κ3) is 3.30. The van der Waals surface area contributed by atoms with E-state index in [-0.39, 0.29) is 24.5 Å². The van der Waals surface area contributed by atoms with Gasteiger partial charge in [0.05, 0.1) is 24.3 Å². The van der Waals surface area contributed by atoms with E-state index in [0.717, 1.165) is 11.0 Å². The highest BCUT2D eigenvalue weighted by Gasteiger charge is 2.26. The summed E-state index contributed by atoms with van der Waals surface area (Å²) >= 11 is 0. The van der Waals surface area contributed by atoms with Crippen LogP contribution in [-0.2, 0) is 16.0 Å². The molecule has 130 valence electrons. The molecule has 2 unspecified atom stereocenters. The molecule has 4 rings (SSSR count). The van der Waals surface area contributed by atoms with Crippen LogP contribution in [0.5, 0.6) is 0 Å². The number of rotatable bonds is 3. The molecule has 1 saturated heterocycles. The quantitative estimate of drug-likeness (QED) is 0.732. The van der Waals surface area contributed by atoms with Crippen molar-refractivity contribution in [1.82, 2.24) is 10.1 Å². The van der Waals surface area contributed by atoms with Crippen LogP contribution in [0.2, 0.25) is 0 Å². The minimum atomic E-state index is 0.0338. The standard InChI is InChI=1S/C19H20N2O4/c1-12-10-21(11-13(2)23-12)19(22)9-15-8-18(25-20-15)17-7-14-5-3-4-6-16(14)24-17/h3-8,12-13H,9-11H2,1-2H3. The molecule has 3 heterocycles. The minimum absolute atomic E-state index is 0.0338. The maximum atomic E-state index is 12.5. The largest absolute Gasteiger partial charge is 0.453 e. The fourth-order valence-corrected chi connectivity index (χ4v) is 3.26. The number of aromatic nitrogens is 1. The van der Waals surface area contributed by atoms with E-state index >= 15 is 0 Å². The molecule has 0 bridgehead atoms. The number of amides is 1. The van der Waals surface area contributed by atoms with Gasteiger partial charge in [-0.3, -0.25) is 4.79 Å². The smallest absolute Gasteiger partial charge is 0.228 e. The molecule has 6 nitrogen and oxygen atoms in total. The molecule has 0 spiro atoms. The van der Waals surface area contributed by atoms with Crippen LogP contribution in [0.4, 0.5) is 0 Å². The molecule has 0 radical (unpaired) electrons. The molecule has 1 fully saturated rings. The molecule has 25 heavy (non-hydrogen) atoms. The summed E-state index contributed by atoms with van der Waals surface area (Å²) in [5.41, 5.74) is 1.40. The minimum Gasteiger partial charge on any atom is -0.453 e. The molecule has 0 N–H and O–H groups in total. The topological polar surface area (TPSA) is 68.7 Å². The van der Waals surface area contributed by atoms with E-state index in [0.29, 0.717) is 30.3 Å². The van der Waals surface area contributed by atoms with Crippen molar-refractivity contribution in [2.75, 3.05) is 13.1 Å². The number of para-hydroxylation sites is 1. The Morgan fingerprint density at radius 3 is 2.68 bits per heavy atom. The zero-order valence-corrected chi connectivity index (χ0v) is 14.3. The summed E-state index contributed by atoms with van der Waals surface area (Å²) in [6.07, 6.45) is 0.315. The number of morpholine rings is 1. The second-order valence-electron chi connectivity index (χ2n) is 6.56. The monoisotopic (exact) mass is 340 g/mol. The first-order valence-electron chi connectivity index (χ1n) is 8.46. The van der Waals surface area contributed by atoms with Gasteiger partial charge in [0.2, 0.25) is 11.7 Å². The average molecular weight is 340 g/mol. The Bertz CT molecular complexity index is 855. The van der Waals surface area contributed by atoms with Gasteiger partial charge in [-0.1, -0.05) is 23.4 Å². The Morgan fingerprint density at radius 2 is 1.92 bits per heavy atom. The predicted octanol–water partition coefficient (Wildman–Crippen LogP) is 3.27. The summed E-state index contributed by atoms with van der Waals surface area (Å²) < 4.78 is 16.8. The summed E-state index contributed by atoms with van der Waals surface area (Å²) in [6.45, 7) is 5.17. The third-order valence-corrected chi connectivity index (χ3v) is 4.33. The lowest BCUT2D eigenvalue weighted by Crippen LogP contribution is -2.48. The first kappa shape index (κ1) is 15.9. The molecule has 6 heteroatoms. The van der Waals surface area contributed by atoms with Gasteiger partial charge in [0, 0.05) is 24.5 Å². The van der Waals surface area contributed by atoms with Gasteiger partial charge < -0.3 is 18.6 Å². The van der Waals surface area contributed by atoms with Crippen molar-refractivity contribution in [2.45, 2.75) is 32.5 Å². The summed E-state index contributed by atoms with van der Waals surface area (Å²) in [5, 5.41) is 5.02. The predicted molar refractivity (Wildman–Crippen MR) is 92.0 cm³/mol. The van der Waals surface area contributed by atoms with E-state index in [4.69, 9.17) is 13.7 Å². The lowest BCUT2D eigenvalue weighted by Gasteiger charge is -2.35. The van der Waals surface area contributed by atoms with E-state index in [1.54, 1.807) is 6.07 Å². The van der Waals surface area contributed by atoms with Crippen LogP contribution in [0.25, 0.3) is 22.5 Å². The van der Waals surface area contributed by atoms with Crippen molar-refractivity contribution in [1.29, 1.82) is 0 Å². The number of ether oxygens (including phenoxy) is 1. The van der Waals surface area contributed by atoms with Crippen LogP contribution < -0.4 is 0 Å². The fourth-order valence-electron chi connectivity index (χ4n) is 3.26. The molecule has 1 aromatic carbocycles. The van der Waals surface area contributed by atoms with Gasteiger partial charge in [-0.15, -0.1) is 0 Å². The van der Waals surface area contributed by atoms with Crippen molar-refractivity contribution in [3.8, 4) is 11.5 Å². The Kier molecular flexibility index (Phi) is 4.05. The molecule has 1 aliphatic heterocycles. The number of carbonyl (C=O) groups is 1. The van der Waals surface area contributed by atoms with E-state index in [2.05, 4.69) is 5.16 Å². The number of benzene rings is 1. The van der Waals surface area contributed by atoms with Gasteiger partial charge in [-0.2, -0.15) is 0 Å². The maximum absolute atomic E-state index is 12.5. The molecule has 3 aromatic rings. The van der Waals surface area contributed by atoms with Crippen molar-refractivity contribution in [2.24, 2.45) is 0 Å². The van der Waals surface area contributed by atoms with Gasteiger partial charge in [0.15, 0.2) is 5.76 Å². The van der Waals surface area contributed by atoms with Crippen molar-refractivity contribution in [3.05, 3.63) is 42.1 Å². The maximum Gasteiger partial charge on any atom is 0.228 e. The Hall–Kier alpha value is -2.60. The van der Waals surface area contributed by atoms with Crippen molar-refractivity contribution in [3.63, 3.8) is 0 Å². The normalized spacial score (nSPS) is 21.0. The number of fused-ring (bicyclic) bond motifs is 1. The number of carbonyl (C=O) groups excluding carboxylic acids is 1. The van der Waals surface area contributed by atoms with Gasteiger partial charge in [0.1, 0.15) is 5.58 Å². The van der Waals surface area contributed by atoms with Crippen molar-refractivity contribution >= 4 is 16.9 Å². The van der Waals surface area contributed by atoms with Crippen LogP contribution in [-0.4, -0.2) is 41.3 Å². The first-order valence-corrected chi connectivity index (χ1v) is 8.46. The highest BCUT2D eigenvalue weighted by atomic mass is 16.5. The van der Waals surface area contributed by atoms with Crippen LogP contribution in [0.1, 0.15) is 19.5 Å². The molecule has 2 aromatic heterocycles. The van der Waals surface area contributed by atoms with E-state index in [9.17, 15) is 4.79 Å². The lowest BCUT2D eigenvalue weighted by molar-refractivity contribution is -0.142. The SMILES string of the molecule is CC1CN(C(=O)Cc2cc(-c3cc4ccccc4o3)on2)CC(C)O1. The number of nitrogens with zero attached hydrogens (tertiary/aromatic N) is 2. The molecule has 0 aliphatic carbocycles. The summed E-state index contributed by atoms with van der Waals surface area (Å²) in [5.74, 6) is 1.18. The van der Waals surface area contributed by atoms with Crippen LogP contribution in [0.3, 0.4) is 0 Å². The Morgan fingerprint density at radius 1 is 1.16 bits per heavy atom. The van der Waals surface area contributed by atoms with Crippen LogP contribution >= 0.6 is 0 Å². The summed E-state index contributed by atoms with van der Waals surface area (Å²) in [7, 11) is 0. The third-order valence-electron chi connectivity index (χ3n) is 4.33. The molecule has 2 atom stereocenters. The average Bonchev–Trinajstić information content (AvgIpc) is 3.20. The van der Waals surface area contributed by atoms with Gasteiger partial charge in [-0.05, 0) is 26.0 Å². The summed E-state index contributed by atoms with van der Waals surface area (Å²) in [4.78, 5) is 14.3. The van der Waals surface area contributed by atoms with Gasteiger partial charge >= 0.3 is 0 Å². The highest BCUT2D eigenvalue weighted by molar-refractivity contribution is 5.82. The Balaban J connectivity index is 1.48. The fraction of sp³-hybridized carbons (Fsp3) is 0.368. The molecule has 1 amide bonds. The number of hydrogen-bond acceptors (Lipinski definition) is 5. The molecule has 0 saturated carbocycles. The zero-order valence-electron chi connectivity index (χ0n) is 14.3. The molecular formula is C19H20N2O4. The van der Waals surface area contributed by atoms with Crippen LogP contribution in [0, 0.1) is 0 Å². The van der Waals surface area contributed by atoms with Crippen LogP contribution in [0.15, 0.2) is 45.3 Å². The highest BCUT2D eigenvalue weighted by Crippen LogP contribution is 2.28. The Labute approximate surface area is 145 Å². The number of furan rings is 1. The first-order chi connectivity index (χ1) is 12.1. The van der Waals surface area contributed by atoms with E-state index in [1.165, 1.54) is 0 Å². The molecular weight excluding hydrogens is 320 g/mol. The second-order valence-corrected chi connectivity index (χ2v) is 6.56. The zero-order chi connectivity index (χ0) is 17.4. The molecule has 1 aliphatic rings. The van der Waals surface area contributed by atoms with Gasteiger partial charge in [0.25, 0.3) is 0 Å². The van der Waals surface area contributed by atoms with Crippen molar-refractivity contribution < 1.29 is 18.5 Å². The second kappa shape index (κ2) is 6.37. The number of hydrogen-bond donors (Lipinski definition) is 0. The van der Waals surface area contributed by atoms with E-state index < -0.39 is 0 Å².